The Morgan fingerprint density at radius 1 is 1.39 bits per heavy atom. The van der Waals surface area contributed by atoms with Gasteiger partial charge in [0.25, 0.3) is 5.78 Å². The van der Waals surface area contributed by atoms with E-state index in [2.05, 4.69) is 44.8 Å². The number of rotatable bonds is 7. The minimum Gasteiger partial charge on any atom is -0.481 e. The van der Waals surface area contributed by atoms with Crippen LogP contribution in [0.25, 0.3) is 0 Å². The van der Waals surface area contributed by atoms with Crippen molar-refractivity contribution in [1.82, 2.24) is 19.8 Å². The first kappa shape index (κ1) is 27.6. The Morgan fingerprint density at radius 2 is 2.18 bits per heavy atom. The fourth-order valence-corrected chi connectivity index (χ4v) is 6.41. The second kappa shape index (κ2) is 11.5. The number of ether oxygens (including phenoxy) is 2. The number of fused-ring (bicyclic) bond motifs is 1. The van der Waals surface area contributed by atoms with Crippen molar-refractivity contribution in [3.05, 3.63) is 27.8 Å². The zero-order valence-corrected chi connectivity index (χ0v) is 23.7. The zero-order chi connectivity index (χ0) is 27.4. The molecule has 0 N–H and O–H groups in total. The summed E-state index contributed by atoms with van der Waals surface area (Å²) in [5, 5.41) is 10.7. The molecular formula is C28H34N6O3S. The van der Waals surface area contributed by atoms with Crippen molar-refractivity contribution in [2.45, 2.75) is 63.5 Å². The summed E-state index contributed by atoms with van der Waals surface area (Å²) in [5.41, 5.74) is 0.904. The lowest BCUT2D eigenvalue weighted by atomic mass is 9.73. The van der Waals surface area contributed by atoms with Crippen LogP contribution in [0.4, 0.5) is 5.00 Å². The highest BCUT2D eigenvalue weighted by Crippen LogP contribution is 2.47. The van der Waals surface area contributed by atoms with E-state index in [4.69, 9.17) is 9.47 Å². The summed E-state index contributed by atoms with van der Waals surface area (Å²) >= 11 is 1.53. The predicted octanol–water partition coefficient (Wildman–Crippen LogP) is 3.98. The topological polar surface area (TPSA) is 104 Å². The molecule has 2 aromatic heterocycles. The van der Waals surface area contributed by atoms with Gasteiger partial charge in [0.05, 0.1) is 24.4 Å². The normalized spacial score (nSPS) is 21.8. The predicted molar refractivity (Wildman–Crippen MR) is 148 cm³/mol. The van der Waals surface area contributed by atoms with E-state index in [1.54, 1.807) is 6.34 Å². The lowest BCUT2D eigenvalue weighted by Crippen LogP contribution is -2.38. The van der Waals surface area contributed by atoms with Gasteiger partial charge in [0.2, 0.25) is 5.88 Å². The van der Waals surface area contributed by atoms with Crippen molar-refractivity contribution < 1.29 is 14.3 Å². The molecule has 0 spiro atoms. The summed E-state index contributed by atoms with van der Waals surface area (Å²) in [7, 11) is 7.34. The standard InChI is InChI=1S/C28H34N6O3S/c1-18(21-9-8-14-34(21)5)37-27-31-20(15-24(32-27)36-6)22(35)11-13-28(2)12-7-10-23-25(28)19(16-29)26(38-23)30-17-33(3)4/h15,17-18,21H,7-10,12,14H2,1-6H3/t18-,21-,28?/m0/s1. The van der Waals surface area contributed by atoms with Gasteiger partial charge in [-0.15, -0.1) is 11.3 Å². The summed E-state index contributed by atoms with van der Waals surface area (Å²) < 4.78 is 11.4. The lowest BCUT2D eigenvalue weighted by molar-refractivity contribution is 0.102. The van der Waals surface area contributed by atoms with E-state index in [9.17, 15) is 10.1 Å². The van der Waals surface area contributed by atoms with Gasteiger partial charge in [-0.3, -0.25) is 9.69 Å². The zero-order valence-electron chi connectivity index (χ0n) is 22.9. The molecule has 0 saturated carbocycles. The summed E-state index contributed by atoms with van der Waals surface area (Å²) in [6, 6.07) is 4.17. The smallest absolute Gasteiger partial charge is 0.320 e. The number of carbonyl (C=O) groups excluding carboxylic acids is 1. The third kappa shape index (κ3) is 5.82. The van der Waals surface area contributed by atoms with Crippen molar-refractivity contribution >= 4 is 28.5 Å². The molecule has 1 unspecified atom stereocenters. The highest BCUT2D eigenvalue weighted by atomic mass is 32.1. The van der Waals surface area contributed by atoms with Gasteiger partial charge in [-0.2, -0.15) is 15.2 Å². The van der Waals surface area contributed by atoms with Gasteiger partial charge in [0, 0.05) is 36.6 Å². The number of likely N-dealkylation sites (N-methyl/N-ethyl adjacent to an activating group) is 1. The minimum absolute atomic E-state index is 0.0986. The van der Waals surface area contributed by atoms with Crippen molar-refractivity contribution in [1.29, 1.82) is 5.26 Å². The third-order valence-electron chi connectivity index (χ3n) is 7.10. The molecule has 4 rings (SSSR count). The van der Waals surface area contributed by atoms with E-state index in [-0.39, 0.29) is 29.7 Å². The maximum absolute atomic E-state index is 13.2. The second-order valence-electron chi connectivity index (χ2n) is 10.3. The molecule has 0 radical (unpaired) electrons. The number of hydrogen-bond donors (Lipinski definition) is 0. The molecule has 1 saturated heterocycles. The number of aromatic nitrogens is 2. The highest BCUT2D eigenvalue weighted by molar-refractivity contribution is 7.16. The van der Waals surface area contributed by atoms with Gasteiger partial charge in [-0.1, -0.05) is 5.92 Å². The molecule has 3 atom stereocenters. The Hall–Kier alpha value is -3.47. The van der Waals surface area contributed by atoms with E-state index in [0.29, 0.717) is 10.6 Å². The average Bonchev–Trinajstić information content (AvgIpc) is 3.49. The van der Waals surface area contributed by atoms with Crippen LogP contribution in [0.2, 0.25) is 0 Å². The number of nitrogens with zero attached hydrogens (tertiary/aromatic N) is 6. The van der Waals surface area contributed by atoms with Crippen LogP contribution in [0.3, 0.4) is 0 Å². The molecule has 0 aromatic carbocycles. The lowest BCUT2D eigenvalue weighted by Gasteiger charge is -2.29. The fourth-order valence-electron chi connectivity index (χ4n) is 5.15. The molecule has 1 fully saturated rings. The molecule has 200 valence electrons. The monoisotopic (exact) mass is 534 g/mol. The summed E-state index contributed by atoms with van der Waals surface area (Å²) in [6.45, 7) is 5.01. The molecule has 10 heteroatoms. The van der Waals surface area contributed by atoms with E-state index in [0.717, 1.165) is 49.1 Å². The summed E-state index contributed by atoms with van der Waals surface area (Å²) in [5.74, 6) is 5.80. The first-order chi connectivity index (χ1) is 18.1. The molecule has 1 aliphatic heterocycles. The second-order valence-corrected chi connectivity index (χ2v) is 11.3. The first-order valence-electron chi connectivity index (χ1n) is 12.8. The Kier molecular flexibility index (Phi) is 8.35. The Bertz CT molecular complexity index is 1330. The van der Waals surface area contributed by atoms with Gasteiger partial charge in [-0.25, -0.2) is 4.99 Å². The number of thiophene rings is 1. The van der Waals surface area contributed by atoms with Crippen LogP contribution in [-0.4, -0.2) is 78.8 Å². The molecule has 2 aliphatic rings. The molecule has 0 bridgehead atoms. The van der Waals surface area contributed by atoms with Gasteiger partial charge in [0.1, 0.15) is 22.9 Å². The number of carbonyl (C=O) groups is 1. The quantitative estimate of drug-likeness (QED) is 0.173. The number of ketones is 1. The number of Topliss-reactive ketones (excluding diaryl/α,β-unsaturated/α-hetero) is 1. The third-order valence-corrected chi connectivity index (χ3v) is 8.26. The number of likely N-dealkylation sites (tertiary alicyclic amines) is 1. The fraction of sp³-hybridized carbons (Fsp3) is 0.536. The van der Waals surface area contributed by atoms with Crippen molar-refractivity contribution in [2.24, 2.45) is 4.99 Å². The highest BCUT2D eigenvalue weighted by Gasteiger charge is 2.36. The largest absolute Gasteiger partial charge is 0.481 e. The van der Waals surface area contributed by atoms with E-state index in [1.165, 1.54) is 24.5 Å². The number of aliphatic imine (C=N–C) groups is 1. The van der Waals surface area contributed by atoms with Gasteiger partial charge in [0.15, 0.2) is 0 Å². The molecule has 38 heavy (non-hydrogen) atoms. The van der Waals surface area contributed by atoms with Crippen LogP contribution in [0.1, 0.15) is 66.0 Å². The van der Waals surface area contributed by atoms with E-state index in [1.807, 2.05) is 32.8 Å². The molecule has 1 aliphatic carbocycles. The van der Waals surface area contributed by atoms with Crippen molar-refractivity contribution in [3.8, 4) is 29.8 Å². The number of methoxy groups -OCH3 is 1. The van der Waals surface area contributed by atoms with Gasteiger partial charge >= 0.3 is 6.01 Å². The Balaban J connectivity index is 1.62. The van der Waals surface area contributed by atoms with Crippen LogP contribution in [0.15, 0.2) is 11.1 Å². The first-order valence-corrected chi connectivity index (χ1v) is 13.6. The molecule has 0 amide bonds. The Labute approximate surface area is 228 Å². The number of nitriles is 1. The number of hydrogen-bond acceptors (Lipinski definition) is 9. The van der Waals surface area contributed by atoms with Crippen molar-refractivity contribution in [2.75, 3.05) is 34.8 Å². The molecule has 9 nitrogen and oxygen atoms in total. The minimum atomic E-state index is -0.644. The van der Waals surface area contributed by atoms with Crippen LogP contribution in [0, 0.1) is 23.2 Å². The molecule has 3 heterocycles. The van der Waals surface area contributed by atoms with Crippen LogP contribution in [0.5, 0.6) is 11.9 Å². The maximum atomic E-state index is 13.2. The van der Waals surface area contributed by atoms with Gasteiger partial charge in [-0.05, 0) is 65.5 Å². The van der Waals surface area contributed by atoms with Crippen molar-refractivity contribution in [3.63, 3.8) is 0 Å². The van der Waals surface area contributed by atoms with E-state index >= 15 is 0 Å². The molecular weight excluding hydrogens is 500 g/mol. The molecule has 2 aromatic rings. The van der Waals surface area contributed by atoms with Crippen LogP contribution < -0.4 is 9.47 Å². The number of aryl methyl sites for hydroxylation is 1. The van der Waals surface area contributed by atoms with Crippen LogP contribution in [-0.2, 0) is 11.8 Å². The SMILES string of the molecule is COc1cc(C(=O)C#CC2(C)CCCc3sc(N=CN(C)C)c(C#N)c32)nc(O[C@@H](C)[C@@H]2CCCN2C)n1. The van der Waals surface area contributed by atoms with Gasteiger partial charge < -0.3 is 14.4 Å². The Morgan fingerprint density at radius 3 is 2.84 bits per heavy atom. The van der Waals surface area contributed by atoms with Crippen LogP contribution >= 0.6 is 11.3 Å². The average molecular weight is 535 g/mol. The summed E-state index contributed by atoms with van der Waals surface area (Å²) in [4.78, 5) is 31.6. The summed E-state index contributed by atoms with van der Waals surface area (Å²) in [6.07, 6.45) is 6.24. The van der Waals surface area contributed by atoms with E-state index < -0.39 is 11.2 Å². The maximum Gasteiger partial charge on any atom is 0.320 e.